The fourth-order valence-electron chi connectivity index (χ4n) is 5.31. The third-order valence-corrected chi connectivity index (χ3v) is 7.03. The van der Waals surface area contributed by atoms with Crippen molar-refractivity contribution in [2.45, 2.75) is 32.3 Å². The zero-order valence-electron chi connectivity index (χ0n) is 17.2. The van der Waals surface area contributed by atoms with Crippen molar-refractivity contribution in [2.24, 2.45) is 23.7 Å². The van der Waals surface area contributed by atoms with E-state index in [1.165, 1.54) is 12.1 Å². The van der Waals surface area contributed by atoms with Crippen LogP contribution in [0.3, 0.4) is 0 Å². The van der Waals surface area contributed by atoms with E-state index in [1.807, 2.05) is 12.1 Å². The molecule has 0 aliphatic heterocycles. The Kier molecular flexibility index (Phi) is 5.30. The number of halogens is 2. The van der Waals surface area contributed by atoms with Crippen molar-refractivity contribution in [2.75, 3.05) is 5.32 Å². The first-order chi connectivity index (χ1) is 15.0. The Morgan fingerprint density at radius 1 is 1.19 bits per heavy atom. The number of carbonyl (C=O) groups is 1. The maximum atomic E-state index is 13.7. The van der Waals surface area contributed by atoms with Gasteiger partial charge in [-0.1, -0.05) is 18.5 Å². The van der Waals surface area contributed by atoms with Crippen LogP contribution >= 0.6 is 11.6 Å². The summed E-state index contributed by atoms with van der Waals surface area (Å²) >= 11 is 5.93. The summed E-state index contributed by atoms with van der Waals surface area (Å²) in [7, 11) is 0. The third kappa shape index (κ3) is 3.99. The molecule has 2 fully saturated rings. The standard InChI is InChI=1S/C25H24ClFN2O2/c1-2-18(25(30)29-16-6-3-14(26)4-7-16)24-19-12-17(13-20(19)24)31-23-9-10-28-22-8-5-15(27)11-21(22)23/h3-11,17-20,24H,2,12-13H2,1H3,(H,29,30)/t17-,18?,19-,20+,24+. The number of carbonyl (C=O) groups excluding carboxylic acids is 1. The normalized spacial score (nSPS) is 25.1. The molecule has 5 atom stereocenters. The Morgan fingerprint density at radius 3 is 2.65 bits per heavy atom. The van der Waals surface area contributed by atoms with Crippen molar-refractivity contribution in [3.05, 3.63) is 65.6 Å². The van der Waals surface area contributed by atoms with Gasteiger partial charge in [-0.2, -0.15) is 0 Å². The Morgan fingerprint density at radius 2 is 1.94 bits per heavy atom. The molecule has 1 amide bonds. The summed E-state index contributed by atoms with van der Waals surface area (Å²) in [4.78, 5) is 17.2. The molecule has 3 aromatic rings. The van der Waals surface area contributed by atoms with E-state index in [0.717, 1.165) is 30.5 Å². The number of hydrogen-bond donors (Lipinski definition) is 1. The topological polar surface area (TPSA) is 51.2 Å². The maximum absolute atomic E-state index is 13.7. The number of pyridine rings is 1. The zero-order valence-corrected chi connectivity index (χ0v) is 18.0. The minimum absolute atomic E-state index is 0.00230. The molecule has 5 rings (SSSR count). The van der Waals surface area contributed by atoms with E-state index in [9.17, 15) is 9.18 Å². The number of amides is 1. The van der Waals surface area contributed by atoms with Crippen LogP contribution < -0.4 is 10.1 Å². The van der Waals surface area contributed by atoms with Gasteiger partial charge in [0.25, 0.3) is 0 Å². The summed E-state index contributed by atoms with van der Waals surface area (Å²) in [5, 5.41) is 4.39. The number of benzene rings is 2. The highest BCUT2D eigenvalue weighted by atomic mass is 35.5. The Bertz CT molecular complexity index is 1110. The minimum atomic E-state index is -0.294. The second-order valence-corrected chi connectivity index (χ2v) is 9.03. The highest BCUT2D eigenvalue weighted by Crippen LogP contribution is 2.62. The molecule has 2 aliphatic carbocycles. The fraction of sp³-hybridized carbons (Fsp3) is 0.360. The lowest BCUT2D eigenvalue weighted by Crippen LogP contribution is -2.27. The highest BCUT2D eigenvalue weighted by molar-refractivity contribution is 6.30. The lowest BCUT2D eigenvalue weighted by molar-refractivity contribution is -0.121. The van der Waals surface area contributed by atoms with Gasteiger partial charge in [-0.15, -0.1) is 0 Å². The van der Waals surface area contributed by atoms with Crippen molar-refractivity contribution in [3.63, 3.8) is 0 Å². The summed E-state index contributed by atoms with van der Waals surface area (Å²) in [6.45, 7) is 2.08. The van der Waals surface area contributed by atoms with Crippen LogP contribution in [0.4, 0.5) is 10.1 Å². The average Bonchev–Trinajstić information content (AvgIpc) is 3.23. The predicted molar refractivity (Wildman–Crippen MR) is 120 cm³/mol. The van der Waals surface area contributed by atoms with Gasteiger partial charge in [-0.05, 0) is 85.5 Å². The van der Waals surface area contributed by atoms with Crippen LogP contribution in [0.15, 0.2) is 54.7 Å². The van der Waals surface area contributed by atoms with Crippen LogP contribution in [0, 0.1) is 29.5 Å². The Balaban J connectivity index is 1.22. The minimum Gasteiger partial charge on any atom is -0.490 e. The maximum Gasteiger partial charge on any atom is 0.227 e. The second kappa shape index (κ2) is 8.12. The number of rotatable bonds is 6. The summed E-state index contributed by atoms with van der Waals surface area (Å²) in [5.74, 6) is 1.90. The van der Waals surface area contributed by atoms with Crippen LogP contribution in [-0.2, 0) is 4.79 Å². The number of ether oxygens (including phenoxy) is 1. The molecular formula is C25H24ClFN2O2. The van der Waals surface area contributed by atoms with E-state index in [4.69, 9.17) is 16.3 Å². The van der Waals surface area contributed by atoms with E-state index in [0.29, 0.717) is 33.9 Å². The SMILES string of the molecule is CCC(C(=O)Nc1ccc(Cl)cc1)[C@H]1[C@@H]2C[C@@H](Oc3ccnc4ccc(F)cc34)C[C@@H]21. The summed E-state index contributed by atoms with van der Waals surface area (Å²) in [6.07, 6.45) is 4.47. The van der Waals surface area contributed by atoms with E-state index in [1.54, 1.807) is 30.5 Å². The predicted octanol–water partition coefficient (Wildman–Crippen LogP) is 6.10. The van der Waals surface area contributed by atoms with E-state index in [-0.39, 0.29) is 23.7 Å². The van der Waals surface area contributed by atoms with Gasteiger partial charge in [0.05, 0.1) is 11.6 Å². The molecule has 1 aromatic heterocycles. The molecule has 2 aliphatic rings. The zero-order chi connectivity index (χ0) is 21.5. The third-order valence-electron chi connectivity index (χ3n) is 6.78. The number of fused-ring (bicyclic) bond motifs is 2. The number of anilines is 1. The van der Waals surface area contributed by atoms with Crippen molar-refractivity contribution in [3.8, 4) is 5.75 Å². The Hall–Kier alpha value is -2.66. The van der Waals surface area contributed by atoms with E-state index >= 15 is 0 Å². The summed E-state index contributed by atoms with van der Waals surface area (Å²) in [6, 6.07) is 13.6. The number of hydrogen-bond acceptors (Lipinski definition) is 3. The number of nitrogens with zero attached hydrogens (tertiary/aromatic N) is 1. The molecule has 0 bridgehead atoms. The van der Waals surface area contributed by atoms with Crippen molar-refractivity contribution >= 4 is 34.1 Å². The second-order valence-electron chi connectivity index (χ2n) is 8.60. The number of nitrogens with one attached hydrogen (secondary N) is 1. The van der Waals surface area contributed by atoms with Crippen LogP contribution in [0.1, 0.15) is 26.2 Å². The van der Waals surface area contributed by atoms with Gasteiger partial charge in [-0.3, -0.25) is 9.78 Å². The first-order valence-corrected chi connectivity index (χ1v) is 11.2. The largest absolute Gasteiger partial charge is 0.490 e. The molecule has 6 heteroatoms. The van der Waals surface area contributed by atoms with Gasteiger partial charge in [0.2, 0.25) is 5.91 Å². The van der Waals surface area contributed by atoms with Crippen LogP contribution in [0.25, 0.3) is 10.9 Å². The monoisotopic (exact) mass is 438 g/mol. The molecule has 0 saturated heterocycles. The molecular weight excluding hydrogens is 415 g/mol. The first-order valence-electron chi connectivity index (χ1n) is 10.8. The molecule has 2 saturated carbocycles. The molecule has 1 unspecified atom stereocenters. The van der Waals surface area contributed by atoms with Gasteiger partial charge in [0.15, 0.2) is 0 Å². The van der Waals surface area contributed by atoms with E-state index < -0.39 is 0 Å². The highest BCUT2D eigenvalue weighted by Gasteiger charge is 2.60. The van der Waals surface area contributed by atoms with Gasteiger partial charge in [-0.25, -0.2) is 4.39 Å². The van der Waals surface area contributed by atoms with Gasteiger partial charge >= 0.3 is 0 Å². The van der Waals surface area contributed by atoms with Crippen LogP contribution in [0.2, 0.25) is 5.02 Å². The van der Waals surface area contributed by atoms with Crippen LogP contribution in [-0.4, -0.2) is 17.0 Å². The van der Waals surface area contributed by atoms with Gasteiger partial charge in [0.1, 0.15) is 11.6 Å². The molecule has 2 aromatic carbocycles. The molecule has 1 heterocycles. The lowest BCUT2D eigenvalue weighted by atomic mass is 9.93. The quantitative estimate of drug-likeness (QED) is 0.506. The van der Waals surface area contributed by atoms with Gasteiger partial charge in [0, 0.05) is 28.2 Å². The van der Waals surface area contributed by atoms with Crippen molar-refractivity contribution in [1.29, 1.82) is 0 Å². The summed E-state index contributed by atoms with van der Waals surface area (Å²) < 4.78 is 20.0. The molecule has 1 N–H and O–H groups in total. The molecule has 31 heavy (non-hydrogen) atoms. The van der Waals surface area contributed by atoms with Crippen LogP contribution in [0.5, 0.6) is 5.75 Å². The molecule has 160 valence electrons. The fourth-order valence-corrected chi connectivity index (χ4v) is 5.44. The number of aromatic nitrogens is 1. The van der Waals surface area contributed by atoms with Crippen molar-refractivity contribution < 1.29 is 13.9 Å². The smallest absolute Gasteiger partial charge is 0.227 e. The summed E-state index contributed by atoms with van der Waals surface area (Å²) in [5.41, 5.74) is 1.50. The molecule has 4 nitrogen and oxygen atoms in total. The Labute approximate surface area is 185 Å². The van der Waals surface area contributed by atoms with Gasteiger partial charge < -0.3 is 10.1 Å². The molecule has 0 spiro atoms. The average molecular weight is 439 g/mol. The molecule has 0 radical (unpaired) electrons. The first kappa shape index (κ1) is 20.3. The van der Waals surface area contributed by atoms with E-state index in [2.05, 4.69) is 17.2 Å². The lowest BCUT2D eigenvalue weighted by Gasteiger charge is -2.21. The van der Waals surface area contributed by atoms with Crippen molar-refractivity contribution in [1.82, 2.24) is 4.98 Å².